The van der Waals surface area contributed by atoms with Crippen LogP contribution < -0.4 is 0 Å². The molecule has 0 radical (unpaired) electrons. The summed E-state index contributed by atoms with van der Waals surface area (Å²) in [5.41, 5.74) is 1.07. The molecule has 2 fully saturated rings. The normalized spacial score (nSPS) is 23.1. The summed E-state index contributed by atoms with van der Waals surface area (Å²) in [6.45, 7) is 6.14. The second kappa shape index (κ2) is 9.31. The minimum absolute atomic E-state index is 0.0531. The summed E-state index contributed by atoms with van der Waals surface area (Å²) < 4.78 is 5.33. The molecule has 1 atom stereocenters. The van der Waals surface area contributed by atoms with E-state index < -0.39 is 0 Å². The van der Waals surface area contributed by atoms with Gasteiger partial charge in [-0.2, -0.15) is 0 Å². The maximum absolute atomic E-state index is 12.5. The summed E-state index contributed by atoms with van der Waals surface area (Å²) in [4.78, 5) is 33.3. The molecule has 1 aromatic heterocycles. The number of aromatic nitrogens is 1. The molecule has 6 nitrogen and oxygen atoms in total. The number of amides is 2. The van der Waals surface area contributed by atoms with E-state index in [2.05, 4.69) is 4.98 Å². The Morgan fingerprint density at radius 3 is 2.96 bits per heavy atom. The van der Waals surface area contributed by atoms with Gasteiger partial charge in [-0.25, -0.2) is 0 Å². The fraction of sp³-hybridized carbons (Fsp3) is 0.667. The molecular formula is C21H31N3O3. The van der Waals surface area contributed by atoms with Crippen molar-refractivity contribution in [3.05, 3.63) is 30.1 Å². The van der Waals surface area contributed by atoms with Crippen LogP contribution in [0.5, 0.6) is 0 Å². The number of hydrogen-bond donors (Lipinski definition) is 0. The molecule has 6 heteroatoms. The highest BCUT2D eigenvalue weighted by Gasteiger charge is 2.42. The third-order valence-electron chi connectivity index (χ3n) is 5.79. The van der Waals surface area contributed by atoms with E-state index in [0.717, 1.165) is 51.0 Å². The first kappa shape index (κ1) is 19.8. The molecular weight excluding hydrogens is 342 g/mol. The summed E-state index contributed by atoms with van der Waals surface area (Å²) in [6.07, 6.45) is 6.61. The van der Waals surface area contributed by atoms with E-state index in [1.807, 2.05) is 34.9 Å². The largest absolute Gasteiger partial charge is 0.381 e. The molecule has 2 aliphatic rings. The SMILES string of the molecule is CCOCCC(=O)N1CCCC2(CCC(=O)N(CCc3ccccn3)C2)C1. The lowest BCUT2D eigenvalue weighted by Gasteiger charge is -2.48. The Bertz CT molecular complexity index is 637. The molecule has 2 amide bonds. The Balaban J connectivity index is 1.57. The summed E-state index contributed by atoms with van der Waals surface area (Å²) in [5.74, 6) is 0.413. The number of pyridine rings is 1. The van der Waals surface area contributed by atoms with Gasteiger partial charge in [0.2, 0.25) is 11.8 Å². The molecule has 1 spiro atoms. The van der Waals surface area contributed by atoms with E-state index in [-0.39, 0.29) is 17.2 Å². The van der Waals surface area contributed by atoms with Crippen LogP contribution in [0.1, 0.15) is 44.7 Å². The van der Waals surface area contributed by atoms with Crippen molar-refractivity contribution in [3.63, 3.8) is 0 Å². The number of likely N-dealkylation sites (tertiary alicyclic amines) is 2. The predicted molar refractivity (Wildman–Crippen MR) is 103 cm³/mol. The van der Waals surface area contributed by atoms with Crippen LogP contribution in [0.3, 0.4) is 0 Å². The molecule has 1 aromatic rings. The first-order chi connectivity index (χ1) is 13.1. The van der Waals surface area contributed by atoms with E-state index in [1.165, 1.54) is 0 Å². The third-order valence-corrected chi connectivity index (χ3v) is 5.79. The Hall–Kier alpha value is -1.95. The molecule has 0 aromatic carbocycles. The van der Waals surface area contributed by atoms with Gasteiger partial charge < -0.3 is 14.5 Å². The van der Waals surface area contributed by atoms with Gasteiger partial charge >= 0.3 is 0 Å². The Morgan fingerprint density at radius 1 is 1.30 bits per heavy atom. The molecule has 148 valence electrons. The second-order valence-electron chi connectivity index (χ2n) is 7.75. The topological polar surface area (TPSA) is 62.7 Å². The summed E-state index contributed by atoms with van der Waals surface area (Å²) in [5, 5.41) is 0. The van der Waals surface area contributed by atoms with Crippen LogP contribution in [-0.4, -0.2) is 66.0 Å². The molecule has 27 heavy (non-hydrogen) atoms. The lowest BCUT2D eigenvalue weighted by molar-refractivity contribution is -0.143. The van der Waals surface area contributed by atoms with Gasteiger partial charge in [-0.05, 0) is 38.3 Å². The van der Waals surface area contributed by atoms with E-state index in [1.54, 1.807) is 6.20 Å². The first-order valence-corrected chi connectivity index (χ1v) is 10.2. The van der Waals surface area contributed by atoms with Gasteiger partial charge in [-0.1, -0.05) is 6.07 Å². The van der Waals surface area contributed by atoms with Crippen LogP contribution in [0.4, 0.5) is 0 Å². The summed E-state index contributed by atoms with van der Waals surface area (Å²) in [6, 6.07) is 5.89. The highest BCUT2D eigenvalue weighted by atomic mass is 16.5. The fourth-order valence-corrected chi connectivity index (χ4v) is 4.32. The zero-order valence-electron chi connectivity index (χ0n) is 16.4. The number of ether oxygens (including phenoxy) is 1. The Morgan fingerprint density at radius 2 is 2.19 bits per heavy atom. The van der Waals surface area contributed by atoms with Crippen molar-refractivity contribution in [2.24, 2.45) is 5.41 Å². The van der Waals surface area contributed by atoms with Crippen molar-refractivity contribution in [1.82, 2.24) is 14.8 Å². The summed E-state index contributed by atoms with van der Waals surface area (Å²) in [7, 11) is 0. The van der Waals surface area contributed by atoms with Crippen molar-refractivity contribution in [3.8, 4) is 0 Å². The Labute approximate surface area is 161 Å². The minimum Gasteiger partial charge on any atom is -0.381 e. The maximum atomic E-state index is 12.5. The molecule has 0 bridgehead atoms. The number of nitrogens with zero attached hydrogens (tertiary/aromatic N) is 3. The Kier molecular flexibility index (Phi) is 6.83. The maximum Gasteiger partial charge on any atom is 0.224 e. The highest BCUT2D eigenvalue weighted by Crippen LogP contribution is 2.39. The predicted octanol–water partition coefficient (Wildman–Crippen LogP) is 2.28. The van der Waals surface area contributed by atoms with Crippen LogP contribution in [0.15, 0.2) is 24.4 Å². The molecule has 0 aliphatic carbocycles. The van der Waals surface area contributed by atoms with Crippen LogP contribution in [0.25, 0.3) is 0 Å². The molecule has 0 N–H and O–H groups in total. The van der Waals surface area contributed by atoms with Gasteiger partial charge in [-0.3, -0.25) is 14.6 Å². The van der Waals surface area contributed by atoms with Crippen molar-refractivity contribution >= 4 is 11.8 Å². The lowest BCUT2D eigenvalue weighted by atomic mass is 9.73. The van der Waals surface area contributed by atoms with E-state index in [0.29, 0.717) is 32.6 Å². The average Bonchev–Trinajstić information content (AvgIpc) is 2.70. The molecule has 1 unspecified atom stereocenters. The number of piperidine rings is 2. The van der Waals surface area contributed by atoms with Gasteiger partial charge in [-0.15, -0.1) is 0 Å². The number of carbonyl (C=O) groups is 2. The van der Waals surface area contributed by atoms with Gasteiger partial charge in [0.25, 0.3) is 0 Å². The van der Waals surface area contributed by atoms with Crippen molar-refractivity contribution in [2.75, 3.05) is 39.4 Å². The van der Waals surface area contributed by atoms with Gasteiger partial charge in [0.1, 0.15) is 0 Å². The fourth-order valence-electron chi connectivity index (χ4n) is 4.32. The van der Waals surface area contributed by atoms with E-state index >= 15 is 0 Å². The van der Waals surface area contributed by atoms with Crippen LogP contribution in [0, 0.1) is 5.41 Å². The van der Waals surface area contributed by atoms with Crippen LogP contribution in [-0.2, 0) is 20.7 Å². The zero-order valence-corrected chi connectivity index (χ0v) is 16.4. The zero-order chi connectivity index (χ0) is 19.1. The number of carbonyl (C=O) groups excluding carboxylic acids is 2. The number of rotatable bonds is 7. The van der Waals surface area contributed by atoms with Gasteiger partial charge in [0, 0.05) is 62.9 Å². The van der Waals surface area contributed by atoms with Gasteiger partial charge in [0.05, 0.1) is 13.0 Å². The van der Waals surface area contributed by atoms with Crippen LogP contribution in [0.2, 0.25) is 0 Å². The first-order valence-electron chi connectivity index (χ1n) is 10.2. The smallest absolute Gasteiger partial charge is 0.224 e. The lowest BCUT2D eigenvalue weighted by Crippen LogP contribution is -2.55. The highest BCUT2D eigenvalue weighted by molar-refractivity contribution is 5.78. The van der Waals surface area contributed by atoms with Crippen molar-refractivity contribution < 1.29 is 14.3 Å². The third kappa shape index (κ3) is 5.28. The second-order valence-corrected chi connectivity index (χ2v) is 7.75. The summed E-state index contributed by atoms with van der Waals surface area (Å²) >= 11 is 0. The molecule has 3 rings (SSSR count). The standard InChI is InChI=1S/C21H31N3O3/c1-2-27-15-9-20(26)23-13-5-10-21(16-23)11-7-19(25)24(17-21)14-8-18-6-3-4-12-22-18/h3-4,6,12H,2,5,7-11,13-17H2,1H3. The monoisotopic (exact) mass is 373 g/mol. The minimum atomic E-state index is 0.0531. The van der Waals surface area contributed by atoms with Gasteiger partial charge in [0.15, 0.2) is 0 Å². The van der Waals surface area contributed by atoms with Crippen molar-refractivity contribution in [2.45, 2.75) is 45.4 Å². The average molecular weight is 373 g/mol. The van der Waals surface area contributed by atoms with E-state index in [9.17, 15) is 9.59 Å². The molecule has 2 saturated heterocycles. The molecule has 2 aliphatic heterocycles. The molecule has 3 heterocycles. The quantitative estimate of drug-likeness (QED) is 0.688. The molecule has 0 saturated carbocycles. The van der Waals surface area contributed by atoms with Crippen molar-refractivity contribution in [1.29, 1.82) is 0 Å². The number of hydrogen-bond acceptors (Lipinski definition) is 4. The van der Waals surface area contributed by atoms with E-state index in [4.69, 9.17) is 4.74 Å². The van der Waals surface area contributed by atoms with Crippen LogP contribution >= 0.6 is 0 Å².